The van der Waals surface area contributed by atoms with Crippen molar-refractivity contribution in [1.82, 2.24) is 10.2 Å². The second-order valence-electron chi connectivity index (χ2n) is 5.55. The first-order valence-electron chi connectivity index (χ1n) is 6.80. The summed E-state index contributed by atoms with van der Waals surface area (Å²) in [6, 6.07) is 0.0711. The van der Waals surface area contributed by atoms with Crippen LogP contribution in [0.3, 0.4) is 0 Å². The highest BCUT2D eigenvalue weighted by atomic mass is 16.2. The van der Waals surface area contributed by atoms with E-state index in [4.69, 9.17) is 0 Å². The molecular weight excluding hydrogens is 212 g/mol. The Hall–Kier alpha value is -0.830. The first-order valence-corrected chi connectivity index (χ1v) is 6.80. The van der Waals surface area contributed by atoms with Gasteiger partial charge in [0.05, 0.1) is 6.04 Å². The van der Waals surface area contributed by atoms with Crippen LogP contribution in [0.1, 0.15) is 33.1 Å². The molecule has 1 aliphatic heterocycles. The van der Waals surface area contributed by atoms with Crippen LogP contribution in [0.5, 0.6) is 0 Å². The average molecular weight is 236 g/mol. The van der Waals surface area contributed by atoms with Crippen LogP contribution < -0.4 is 5.32 Å². The van der Waals surface area contributed by atoms with E-state index in [-0.39, 0.29) is 11.9 Å². The molecule has 1 saturated heterocycles. The first-order chi connectivity index (χ1) is 8.13. The number of carbonyl (C=O) groups excluding carboxylic acids is 1. The summed E-state index contributed by atoms with van der Waals surface area (Å²) in [7, 11) is 0. The van der Waals surface area contributed by atoms with Crippen LogP contribution in [0.15, 0.2) is 12.2 Å². The third kappa shape index (κ3) is 2.54. The molecule has 0 aromatic heterocycles. The molecule has 1 N–H and O–H groups in total. The summed E-state index contributed by atoms with van der Waals surface area (Å²) in [6.07, 6.45) is 3.82. The van der Waals surface area contributed by atoms with Crippen molar-refractivity contribution in [3.05, 3.63) is 12.2 Å². The second-order valence-corrected chi connectivity index (χ2v) is 5.55. The standard InChI is InChI=1S/C14H24N2O/c1-4-16(9-10(2)3)14(17)13-12-7-5-6-11(12)8-15-13/h11-13,15H,2,4-9H2,1,3H3. The van der Waals surface area contributed by atoms with Crippen LogP contribution in [0.25, 0.3) is 0 Å². The van der Waals surface area contributed by atoms with Crippen LogP contribution >= 0.6 is 0 Å². The van der Waals surface area contributed by atoms with Crippen molar-refractivity contribution < 1.29 is 4.79 Å². The summed E-state index contributed by atoms with van der Waals surface area (Å²) in [5.74, 6) is 1.61. The molecule has 3 atom stereocenters. The number of fused-ring (bicyclic) bond motifs is 1. The largest absolute Gasteiger partial charge is 0.338 e. The molecule has 3 nitrogen and oxygen atoms in total. The van der Waals surface area contributed by atoms with Gasteiger partial charge in [0, 0.05) is 13.1 Å². The van der Waals surface area contributed by atoms with E-state index in [0.717, 1.165) is 24.6 Å². The fraction of sp³-hybridized carbons (Fsp3) is 0.786. The lowest BCUT2D eigenvalue weighted by atomic mass is 9.93. The van der Waals surface area contributed by atoms with Gasteiger partial charge in [-0.05, 0) is 45.1 Å². The van der Waals surface area contributed by atoms with Gasteiger partial charge >= 0.3 is 0 Å². The average Bonchev–Trinajstić information content (AvgIpc) is 2.86. The van der Waals surface area contributed by atoms with E-state index in [1.54, 1.807) is 0 Å². The Kier molecular flexibility index (Phi) is 3.87. The van der Waals surface area contributed by atoms with Crippen molar-refractivity contribution >= 4 is 5.91 Å². The zero-order chi connectivity index (χ0) is 12.4. The van der Waals surface area contributed by atoms with Gasteiger partial charge in [0.25, 0.3) is 0 Å². The molecule has 0 aromatic rings. The van der Waals surface area contributed by atoms with Crippen LogP contribution in [-0.4, -0.2) is 36.5 Å². The zero-order valence-electron chi connectivity index (χ0n) is 11.0. The third-order valence-electron chi connectivity index (χ3n) is 4.17. The van der Waals surface area contributed by atoms with Crippen molar-refractivity contribution in [2.45, 2.75) is 39.2 Å². The molecular formula is C14H24N2O. The van der Waals surface area contributed by atoms with Gasteiger partial charge in [-0.2, -0.15) is 0 Å². The molecule has 0 aromatic carbocycles. The number of hydrogen-bond donors (Lipinski definition) is 1. The van der Waals surface area contributed by atoms with Crippen LogP contribution in [-0.2, 0) is 4.79 Å². The molecule has 1 amide bonds. The lowest BCUT2D eigenvalue weighted by Crippen LogP contribution is -2.46. The summed E-state index contributed by atoms with van der Waals surface area (Å²) in [6.45, 7) is 10.4. The van der Waals surface area contributed by atoms with Crippen molar-refractivity contribution in [1.29, 1.82) is 0 Å². The maximum Gasteiger partial charge on any atom is 0.240 e. The number of rotatable bonds is 4. The minimum Gasteiger partial charge on any atom is -0.338 e. The quantitative estimate of drug-likeness (QED) is 0.755. The van der Waals surface area contributed by atoms with E-state index in [9.17, 15) is 4.79 Å². The highest BCUT2D eigenvalue weighted by Crippen LogP contribution is 2.38. The molecule has 0 bridgehead atoms. The number of amides is 1. The molecule has 3 heteroatoms. The van der Waals surface area contributed by atoms with Gasteiger partial charge < -0.3 is 10.2 Å². The molecule has 1 aliphatic carbocycles. The highest BCUT2D eigenvalue weighted by molar-refractivity contribution is 5.83. The number of likely N-dealkylation sites (N-methyl/N-ethyl adjacent to an activating group) is 1. The Morgan fingerprint density at radius 2 is 2.24 bits per heavy atom. The molecule has 1 saturated carbocycles. The van der Waals surface area contributed by atoms with Crippen LogP contribution in [0.4, 0.5) is 0 Å². The number of carbonyl (C=O) groups is 1. The molecule has 2 aliphatic rings. The smallest absolute Gasteiger partial charge is 0.240 e. The van der Waals surface area contributed by atoms with E-state index >= 15 is 0 Å². The molecule has 0 spiro atoms. The van der Waals surface area contributed by atoms with E-state index in [2.05, 4.69) is 11.9 Å². The first kappa shape index (κ1) is 12.6. The Labute approximate surface area is 104 Å². The van der Waals surface area contributed by atoms with Crippen molar-refractivity contribution in [3.8, 4) is 0 Å². The highest BCUT2D eigenvalue weighted by Gasteiger charge is 2.43. The summed E-state index contributed by atoms with van der Waals surface area (Å²) in [5, 5.41) is 3.43. The van der Waals surface area contributed by atoms with E-state index < -0.39 is 0 Å². The monoisotopic (exact) mass is 236 g/mol. The minimum atomic E-state index is 0.0711. The predicted octanol–water partition coefficient (Wildman–Crippen LogP) is 1.80. The Bertz CT molecular complexity index is 313. The van der Waals surface area contributed by atoms with Crippen LogP contribution in [0, 0.1) is 11.8 Å². The van der Waals surface area contributed by atoms with E-state index in [1.165, 1.54) is 19.3 Å². The second kappa shape index (κ2) is 5.21. The van der Waals surface area contributed by atoms with Gasteiger partial charge in [-0.3, -0.25) is 4.79 Å². The SMILES string of the molecule is C=C(C)CN(CC)C(=O)C1NCC2CCCC21. The molecule has 2 rings (SSSR count). The summed E-state index contributed by atoms with van der Waals surface area (Å²) >= 11 is 0. The van der Waals surface area contributed by atoms with Gasteiger partial charge in [-0.15, -0.1) is 0 Å². The van der Waals surface area contributed by atoms with Gasteiger partial charge in [-0.25, -0.2) is 0 Å². The third-order valence-corrected chi connectivity index (χ3v) is 4.17. The minimum absolute atomic E-state index is 0.0711. The normalized spacial score (nSPS) is 31.3. The maximum absolute atomic E-state index is 12.5. The molecule has 1 heterocycles. The number of nitrogens with zero attached hydrogens (tertiary/aromatic N) is 1. The fourth-order valence-corrected chi connectivity index (χ4v) is 3.33. The lowest BCUT2D eigenvalue weighted by Gasteiger charge is -2.27. The molecule has 2 fully saturated rings. The Morgan fingerprint density at radius 3 is 2.88 bits per heavy atom. The van der Waals surface area contributed by atoms with Gasteiger partial charge in [0.1, 0.15) is 0 Å². The summed E-state index contributed by atoms with van der Waals surface area (Å²) in [5.41, 5.74) is 1.06. The maximum atomic E-state index is 12.5. The van der Waals surface area contributed by atoms with Gasteiger partial charge in [-0.1, -0.05) is 18.6 Å². The molecule has 96 valence electrons. The van der Waals surface area contributed by atoms with Crippen molar-refractivity contribution in [3.63, 3.8) is 0 Å². The van der Waals surface area contributed by atoms with Crippen molar-refractivity contribution in [2.24, 2.45) is 11.8 Å². The number of hydrogen-bond acceptors (Lipinski definition) is 2. The topological polar surface area (TPSA) is 32.3 Å². The predicted molar refractivity (Wildman–Crippen MR) is 69.7 cm³/mol. The van der Waals surface area contributed by atoms with Gasteiger partial charge in [0.2, 0.25) is 5.91 Å². The molecule has 0 radical (unpaired) electrons. The molecule has 3 unspecified atom stereocenters. The number of nitrogens with one attached hydrogen (secondary N) is 1. The summed E-state index contributed by atoms with van der Waals surface area (Å²) in [4.78, 5) is 14.4. The Morgan fingerprint density at radius 1 is 1.47 bits per heavy atom. The lowest BCUT2D eigenvalue weighted by molar-refractivity contribution is -0.133. The van der Waals surface area contributed by atoms with E-state index in [0.29, 0.717) is 12.5 Å². The van der Waals surface area contributed by atoms with E-state index in [1.807, 2.05) is 18.7 Å². The Balaban J connectivity index is 2.00. The zero-order valence-corrected chi connectivity index (χ0v) is 11.0. The van der Waals surface area contributed by atoms with Gasteiger partial charge in [0.15, 0.2) is 0 Å². The summed E-state index contributed by atoms with van der Waals surface area (Å²) < 4.78 is 0. The molecule has 17 heavy (non-hydrogen) atoms. The van der Waals surface area contributed by atoms with Crippen LogP contribution in [0.2, 0.25) is 0 Å². The fourth-order valence-electron chi connectivity index (χ4n) is 3.33. The van der Waals surface area contributed by atoms with Crippen molar-refractivity contribution in [2.75, 3.05) is 19.6 Å².